The summed E-state index contributed by atoms with van der Waals surface area (Å²) in [5, 5.41) is 34.6. The van der Waals surface area contributed by atoms with Gasteiger partial charge in [0, 0.05) is 134 Å². The first kappa shape index (κ1) is 73.2. The largest absolute Gasteiger partial charge is 0.456 e. The van der Waals surface area contributed by atoms with Gasteiger partial charge in [0.2, 0.25) is 0 Å². The Balaban J connectivity index is 0.000000102. The van der Waals surface area contributed by atoms with Gasteiger partial charge in [-0.15, -0.1) is 22.7 Å². The van der Waals surface area contributed by atoms with Gasteiger partial charge in [0.05, 0.1) is 16.8 Å². The molecule has 0 aliphatic carbocycles. The van der Waals surface area contributed by atoms with Crippen LogP contribution in [0, 0.1) is 0 Å². The molecule has 0 N–H and O–H groups in total. The summed E-state index contributed by atoms with van der Waals surface area (Å²) in [6.07, 6.45) is 0. The summed E-state index contributed by atoms with van der Waals surface area (Å²) < 4.78 is 24.7. The van der Waals surface area contributed by atoms with E-state index in [0.29, 0.717) is 0 Å². The summed E-state index contributed by atoms with van der Waals surface area (Å²) >= 11 is 3.76. The van der Waals surface area contributed by atoms with Crippen molar-refractivity contribution in [1.82, 2.24) is 0 Å². The number of nitrogens with zero attached hydrogens (tertiary/aromatic N) is 3. The number of anilines is 9. The average molecular weight is 1670 g/mol. The molecule has 5 aromatic heterocycles. The number of rotatable bonds is 9. The molecule has 23 aromatic carbocycles. The van der Waals surface area contributed by atoms with E-state index in [1.165, 1.54) is 143 Å². The molecule has 128 heavy (non-hydrogen) atoms. The molecule has 0 saturated carbocycles. The van der Waals surface area contributed by atoms with Gasteiger partial charge >= 0.3 is 0 Å². The molecule has 28 rings (SSSR count). The van der Waals surface area contributed by atoms with Crippen LogP contribution in [0.5, 0.6) is 0 Å². The Labute approximate surface area is 742 Å². The first-order valence-corrected chi connectivity index (χ1v) is 45.1. The third-order valence-electron chi connectivity index (χ3n) is 26.0. The third kappa shape index (κ3) is 11.6. The lowest BCUT2D eigenvalue weighted by molar-refractivity contribution is 0.669. The zero-order valence-electron chi connectivity index (χ0n) is 69.0. The number of thiophene rings is 2. The van der Waals surface area contributed by atoms with E-state index in [9.17, 15) is 0 Å². The lowest BCUT2D eigenvalue weighted by Gasteiger charge is -2.27. The first-order chi connectivity index (χ1) is 63.5. The van der Waals surface area contributed by atoms with Crippen LogP contribution in [-0.2, 0) is 0 Å². The summed E-state index contributed by atoms with van der Waals surface area (Å²) in [5.41, 5.74) is 15.7. The van der Waals surface area contributed by atoms with Crippen molar-refractivity contribution in [1.29, 1.82) is 0 Å². The van der Waals surface area contributed by atoms with E-state index >= 15 is 0 Å². The fourth-order valence-electron chi connectivity index (χ4n) is 20.6. The van der Waals surface area contributed by atoms with Gasteiger partial charge in [0.1, 0.15) is 33.5 Å². The zero-order valence-corrected chi connectivity index (χ0v) is 70.7. The van der Waals surface area contributed by atoms with Crippen molar-refractivity contribution >= 4 is 277 Å². The molecule has 28 aromatic rings. The van der Waals surface area contributed by atoms with E-state index in [1.807, 2.05) is 46.9 Å². The van der Waals surface area contributed by atoms with Gasteiger partial charge in [-0.05, 0) is 222 Å². The number of hydrogen-bond donors (Lipinski definition) is 0. The standard InChI is InChI=1S/2C42H25NOS.C36H23NO/c1-2-11-27(12-3-1)43(35-17-10-19-37-41(35)32-15-6-8-18-36(32)44-37)28-22-24-29-26(25-28)21-23-34-39(29)30-13-4-5-14-31(30)40-33-16-7-9-20-38(33)45-42(34)40;1-2-11-27(12-3-1)43(35-17-10-20-38-41(35)33-16-7-9-19-37(33)45-38)28-22-24-29-26(25-28)21-23-34-39(29)30-13-4-5-14-31(30)40-32-15-6-8-18-36(32)44-42(34)40;1-3-11-25(12-4-1)37(26-13-5-2-6-14-26)27-20-22-28-24(23-27)19-21-32-34(28)29-15-7-8-16-30(29)35-31-17-9-10-18-33(31)38-36(32)35/h2*1-25H;1-23H. The van der Waals surface area contributed by atoms with Gasteiger partial charge in [-0.1, -0.05) is 291 Å². The van der Waals surface area contributed by atoms with Gasteiger partial charge in [0.25, 0.3) is 0 Å². The van der Waals surface area contributed by atoms with Crippen LogP contribution in [0.1, 0.15) is 0 Å². The molecule has 0 fully saturated rings. The molecular weight excluding hydrogens is 1600 g/mol. The highest BCUT2D eigenvalue weighted by atomic mass is 32.1. The topological polar surface area (TPSA) is 49.1 Å². The second-order valence-electron chi connectivity index (χ2n) is 33.1. The molecule has 0 radical (unpaired) electrons. The lowest BCUT2D eigenvalue weighted by Crippen LogP contribution is -2.10. The molecule has 0 aliphatic rings. The summed E-state index contributed by atoms with van der Waals surface area (Å²) in [6, 6.07) is 159. The van der Waals surface area contributed by atoms with Crippen molar-refractivity contribution in [2.24, 2.45) is 0 Å². The maximum Gasteiger partial charge on any atom is 0.143 e. The van der Waals surface area contributed by atoms with Crippen LogP contribution in [0.2, 0.25) is 0 Å². The molecular formula is C120H73N3O3S2. The van der Waals surface area contributed by atoms with Gasteiger partial charge in [-0.2, -0.15) is 0 Å². The van der Waals surface area contributed by atoms with Gasteiger partial charge in [-0.3, -0.25) is 0 Å². The fourth-order valence-corrected chi connectivity index (χ4v) is 22.9. The highest BCUT2D eigenvalue weighted by Gasteiger charge is 2.27. The SMILES string of the molecule is c1ccc(N(c2ccc3c(ccc4c5oc6ccccc6c5c5ccccc5c34)c2)c2cccc3sc4ccccc4c23)cc1.c1ccc(N(c2ccc3c(ccc4c5sc6ccccc6c5c5ccccc5c34)c2)c2cccc3oc4ccccc4c23)cc1.c1ccc(N(c2ccccc2)c2ccc3c(ccc4c5oc6ccccc6c5c5ccccc5c34)c2)cc1. The van der Waals surface area contributed by atoms with Crippen LogP contribution in [0.15, 0.2) is 456 Å². The Hall–Kier alpha value is -16.4. The van der Waals surface area contributed by atoms with Crippen LogP contribution >= 0.6 is 22.7 Å². The minimum absolute atomic E-state index is 0.889. The Morgan fingerprint density at radius 1 is 0.156 bits per heavy atom. The molecule has 0 spiro atoms. The van der Waals surface area contributed by atoms with Crippen molar-refractivity contribution in [2.75, 3.05) is 14.7 Å². The van der Waals surface area contributed by atoms with E-state index in [4.69, 9.17) is 13.3 Å². The average Bonchev–Trinajstić information content (AvgIpc) is 1.50. The maximum absolute atomic E-state index is 6.56. The molecule has 598 valence electrons. The Kier molecular flexibility index (Phi) is 17.0. The molecule has 5 heterocycles. The second kappa shape index (κ2) is 29.7. The molecule has 0 bridgehead atoms. The van der Waals surface area contributed by atoms with E-state index < -0.39 is 0 Å². The zero-order chi connectivity index (χ0) is 84.0. The first-order valence-electron chi connectivity index (χ1n) is 43.5. The predicted molar refractivity (Wildman–Crippen MR) is 549 cm³/mol. The molecule has 6 nitrogen and oxygen atoms in total. The van der Waals surface area contributed by atoms with Crippen LogP contribution in [-0.4, -0.2) is 0 Å². The quantitative estimate of drug-likeness (QED) is 0.134. The monoisotopic (exact) mass is 1670 g/mol. The summed E-state index contributed by atoms with van der Waals surface area (Å²) in [5.74, 6) is 0. The predicted octanol–water partition coefficient (Wildman–Crippen LogP) is 36.3. The lowest BCUT2D eigenvalue weighted by atomic mass is 9.93. The van der Waals surface area contributed by atoms with Gasteiger partial charge < -0.3 is 28.0 Å². The smallest absolute Gasteiger partial charge is 0.143 e. The minimum atomic E-state index is 0.889. The summed E-state index contributed by atoms with van der Waals surface area (Å²) in [7, 11) is 0. The van der Waals surface area contributed by atoms with Crippen LogP contribution in [0.25, 0.3) is 203 Å². The molecule has 0 atom stereocenters. The van der Waals surface area contributed by atoms with Crippen molar-refractivity contribution in [3.05, 3.63) is 443 Å². The van der Waals surface area contributed by atoms with E-state index in [2.05, 4.69) is 433 Å². The van der Waals surface area contributed by atoms with Crippen LogP contribution < -0.4 is 14.7 Å². The number of fused-ring (bicyclic) bond motifs is 36. The molecule has 0 amide bonds. The number of benzene rings is 23. The van der Waals surface area contributed by atoms with Crippen molar-refractivity contribution in [2.45, 2.75) is 0 Å². The van der Waals surface area contributed by atoms with Crippen molar-refractivity contribution < 1.29 is 13.3 Å². The van der Waals surface area contributed by atoms with Crippen LogP contribution in [0.3, 0.4) is 0 Å². The normalized spacial score (nSPS) is 11.9. The highest BCUT2D eigenvalue weighted by Crippen LogP contribution is 2.53. The van der Waals surface area contributed by atoms with E-state index in [1.54, 1.807) is 0 Å². The van der Waals surface area contributed by atoms with Gasteiger partial charge in [-0.25, -0.2) is 0 Å². The highest BCUT2D eigenvalue weighted by molar-refractivity contribution is 7.27. The fraction of sp³-hybridized carbons (Fsp3) is 0. The number of para-hydroxylation sites is 7. The number of furan rings is 3. The summed E-state index contributed by atoms with van der Waals surface area (Å²) in [4.78, 5) is 7.08. The Morgan fingerprint density at radius 3 is 0.922 bits per heavy atom. The Morgan fingerprint density at radius 2 is 0.461 bits per heavy atom. The minimum Gasteiger partial charge on any atom is -0.456 e. The van der Waals surface area contributed by atoms with Crippen LogP contribution in [0.4, 0.5) is 51.2 Å². The van der Waals surface area contributed by atoms with Gasteiger partial charge in [0.15, 0.2) is 0 Å². The third-order valence-corrected chi connectivity index (χ3v) is 28.3. The van der Waals surface area contributed by atoms with Crippen molar-refractivity contribution in [3.8, 4) is 0 Å². The molecule has 0 saturated heterocycles. The Bertz CT molecular complexity index is 8950. The summed E-state index contributed by atoms with van der Waals surface area (Å²) in [6.45, 7) is 0. The maximum atomic E-state index is 6.56. The molecule has 0 unspecified atom stereocenters. The second-order valence-corrected chi connectivity index (χ2v) is 35.2. The number of hydrogen-bond acceptors (Lipinski definition) is 8. The van der Waals surface area contributed by atoms with E-state index in [-0.39, 0.29) is 0 Å². The van der Waals surface area contributed by atoms with Crippen molar-refractivity contribution in [3.63, 3.8) is 0 Å². The molecule has 0 aliphatic heterocycles. The van der Waals surface area contributed by atoms with E-state index in [0.717, 1.165) is 111 Å². The molecule has 8 heteroatoms.